The number of hydrogen-bond donors (Lipinski definition) is 5. The van der Waals surface area contributed by atoms with Gasteiger partial charge in [-0.1, -0.05) is 0 Å². The number of rotatable bonds is 11. The number of pyridine rings is 2. The van der Waals surface area contributed by atoms with E-state index < -0.39 is 29.9 Å². The van der Waals surface area contributed by atoms with Crippen molar-refractivity contribution in [3.63, 3.8) is 0 Å². The van der Waals surface area contributed by atoms with Gasteiger partial charge in [-0.15, -0.1) is 0 Å². The molecule has 0 unspecified atom stereocenters. The molecular formula is C23H27FN8O4. The van der Waals surface area contributed by atoms with E-state index in [0.717, 1.165) is 18.9 Å². The van der Waals surface area contributed by atoms with E-state index in [9.17, 15) is 14.0 Å². The van der Waals surface area contributed by atoms with Gasteiger partial charge in [-0.25, -0.2) is 23.8 Å². The van der Waals surface area contributed by atoms with E-state index in [0.29, 0.717) is 23.9 Å². The monoisotopic (exact) mass is 498 g/mol. The average molecular weight is 499 g/mol. The molecule has 4 rings (SSSR count). The van der Waals surface area contributed by atoms with Crippen LogP contribution in [0.4, 0.5) is 26.5 Å². The van der Waals surface area contributed by atoms with Crippen LogP contribution in [0.5, 0.6) is 5.88 Å². The molecule has 1 saturated carbocycles. The number of amides is 2. The van der Waals surface area contributed by atoms with Crippen LogP contribution in [-0.4, -0.2) is 55.5 Å². The second-order valence-corrected chi connectivity index (χ2v) is 8.38. The van der Waals surface area contributed by atoms with Gasteiger partial charge in [0.2, 0.25) is 5.88 Å². The number of hydrogen-bond acceptors (Lipinski definition) is 8. The number of halogens is 1. The van der Waals surface area contributed by atoms with Crippen LogP contribution in [0.2, 0.25) is 0 Å². The van der Waals surface area contributed by atoms with Crippen LogP contribution in [0.1, 0.15) is 37.0 Å². The number of carbonyl (C=O) groups excluding carboxylic acids is 1. The molecule has 0 saturated heterocycles. The first-order chi connectivity index (χ1) is 17.3. The van der Waals surface area contributed by atoms with Gasteiger partial charge in [0.1, 0.15) is 11.5 Å². The Morgan fingerprint density at radius 1 is 1.33 bits per heavy atom. The molecule has 3 aromatic rings. The molecule has 1 aliphatic carbocycles. The third-order valence-electron chi connectivity index (χ3n) is 5.69. The van der Waals surface area contributed by atoms with Crippen molar-refractivity contribution in [1.29, 1.82) is 0 Å². The minimum absolute atomic E-state index is 0.0113. The second-order valence-electron chi connectivity index (χ2n) is 8.38. The molecule has 13 heteroatoms. The predicted octanol–water partition coefficient (Wildman–Crippen LogP) is 2.89. The summed E-state index contributed by atoms with van der Waals surface area (Å²) in [5.74, 6) is -1.27. The van der Waals surface area contributed by atoms with E-state index in [4.69, 9.17) is 15.6 Å². The van der Waals surface area contributed by atoms with Gasteiger partial charge in [-0.3, -0.25) is 4.79 Å². The second kappa shape index (κ2) is 10.5. The van der Waals surface area contributed by atoms with Gasteiger partial charge in [-0.2, -0.15) is 5.10 Å². The molecule has 6 N–H and O–H groups in total. The van der Waals surface area contributed by atoms with Crippen molar-refractivity contribution in [3.8, 4) is 11.6 Å². The zero-order valence-corrected chi connectivity index (χ0v) is 19.7. The van der Waals surface area contributed by atoms with E-state index in [2.05, 4.69) is 31.0 Å². The number of nitrogens with two attached hydrogens (primary N) is 1. The van der Waals surface area contributed by atoms with Gasteiger partial charge < -0.3 is 31.5 Å². The minimum Gasteiger partial charge on any atom is -0.476 e. The number of carboxylic acid groups (broad SMARTS) is 1. The van der Waals surface area contributed by atoms with Crippen LogP contribution in [0, 0.1) is 11.7 Å². The van der Waals surface area contributed by atoms with Gasteiger partial charge in [0.05, 0.1) is 30.1 Å². The fourth-order valence-corrected chi connectivity index (χ4v) is 3.89. The van der Waals surface area contributed by atoms with Crippen LogP contribution in [0.3, 0.4) is 0 Å². The smallest absolute Gasteiger partial charge is 0.404 e. The molecule has 0 bridgehead atoms. The lowest BCUT2D eigenvalue weighted by atomic mass is 10.0. The Balaban J connectivity index is 1.67. The summed E-state index contributed by atoms with van der Waals surface area (Å²) in [4.78, 5) is 31.8. The van der Waals surface area contributed by atoms with Gasteiger partial charge in [0.25, 0.3) is 5.91 Å². The summed E-state index contributed by atoms with van der Waals surface area (Å²) < 4.78 is 22.1. The SMILES string of the molecule is CCOc1ncc(Nc2nc(N[C@H](C3CC3)[C@H](C)NC(=O)O)c(F)cc2C(N)=O)cc1-n1cccn1. The molecule has 0 spiro atoms. The first-order valence-corrected chi connectivity index (χ1v) is 11.4. The lowest BCUT2D eigenvalue weighted by Crippen LogP contribution is -2.45. The Bertz CT molecular complexity index is 1250. The topological polar surface area (TPSA) is 169 Å². The van der Waals surface area contributed by atoms with Gasteiger partial charge in [-0.05, 0) is 50.8 Å². The summed E-state index contributed by atoms with van der Waals surface area (Å²) in [7, 11) is 0. The summed E-state index contributed by atoms with van der Waals surface area (Å²) >= 11 is 0. The molecule has 1 aliphatic rings. The number of ether oxygens (including phenoxy) is 1. The highest BCUT2D eigenvalue weighted by molar-refractivity contribution is 5.98. The number of nitrogens with one attached hydrogen (secondary N) is 3. The zero-order chi connectivity index (χ0) is 25.8. The van der Waals surface area contributed by atoms with Crippen molar-refractivity contribution in [2.45, 2.75) is 38.8 Å². The zero-order valence-electron chi connectivity index (χ0n) is 19.7. The molecule has 36 heavy (non-hydrogen) atoms. The first kappa shape index (κ1) is 24.7. The minimum atomic E-state index is -1.18. The molecule has 2 atom stereocenters. The van der Waals surface area contributed by atoms with Crippen molar-refractivity contribution in [3.05, 3.63) is 48.2 Å². The van der Waals surface area contributed by atoms with E-state index in [1.165, 1.54) is 6.20 Å². The Kier molecular flexibility index (Phi) is 7.17. The van der Waals surface area contributed by atoms with Gasteiger partial charge in [0, 0.05) is 18.4 Å². The quantitative estimate of drug-likeness (QED) is 0.267. The maximum Gasteiger partial charge on any atom is 0.404 e. The van der Waals surface area contributed by atoms with Crippen LogP contribution in [0.25, 0.3) is 5.69 Å². The Hall–Kier alpha value is -4.42. The van der Waals surface area contributed by atoms with Crippen molar-refractivity contribution in [2.75, 3.05) is 17.2 Å². The normalized spacial score (nSPS) is 14.5. The highest BCUT2D eigenvalue weighted by Crippen LogP contribution is 2.36. The number of nitrogens with zero attached hydrogens (tertiary/aromatic N) is 4. The van der Waals surface area contributed by atoms with Crippen molar-refractivity contribution >= 4 is 29.3 Å². The van der Waals surface area contributed by atoms with Crippen molar-refractivity contribution < 1.29 is 23.8 Å². The van der Waals surface area contributed by atoms with Crippen molar-refractivity contribution in [2.24, 2.45) is 11.7 Å². The van der Waals surface area contributed by atoms with E-state index in [-0.39, 0.29) is 23.1 Å². The van der Waals surface area contributed by atoms with E-state index in [1.54, 1.807) is 36.1 Å². The molecule has 0 radical (unpaired) electrons. The first-order valence-electron chi connectivity index (χ1n) is 11.4. The summed E-state index contributed by atoms with van der Waals surface area (Å²) in [5.41, 5.74) is 6.29. The summed E-state index contributed by atoms with van der Waals surface area (Å²) in [5, 5.41) is 21.7. The Labute approximate surface area is 206 Å². The molecular weight excluding hydrogens is 471 g/mol. The summed E-state index contributed by atoms with van der Waals surface area (Å²) in [6, 6.07) is 3.54. The maximum atomic E-state index is 14.9. The molecule has 3 heterocycles. The standard InChI is InChI=1S/C23H27FN8O4/c1-3-36-22-17(32-8-4-7-27-32)9-14(11-26-22)29-20-15(19(25)33)10-16(24)21(31-20)30-18(13-5-6-13)12(2)28-23(34)35/h4,7-13,18,28H,3,5-6H2,1-2H3,(H2,25,33)(H,34,35)(H2,29,30,31)/t12-,18-/m0/s1. The van der Waals surface area contributed by atoms with Crippen LogP contribution >= 0.6 is 0 Å². The lowest BCUT2D eigenvalue weighted by molar-refractivity contribution is 0.1000. The molecule has 0 aromatic carbocycles. The predicted molar refractivity (Wildman–Crippen MR) is 129 cm³/mol. The molecule has 1 fully saturated rings. The Morgan fingerprint density at radius 2 is 2.11 bits per heavy atom. The van der Waals surface area contributed by atoms with E-state index >= 15 is 0 Å². The van der Waals surface area contributed by atoms with Crippen LogP contribution in [0.15, 0.2) is 36.8 Å². The van der Waals surface area contributed by atoms with E-state index in [1.807, 2.05) is 6.92 Å². The number of carbonyl (C=O) groups is 2. The average Bonchev–Trinajstić information content (AvgIpc) is 3.51. The highest BCUT2D eigenvalue weighted by atomic mass is 19.1. The molecule has 12 nitrogen and oxygen atoms in total. The Morgan fingerprint density at radius 3 is 2.72 bits per heavy atom. The fourth-order valence-electron chi connectivity index (χ4n) is 3.89. The molecule has 0 aliphatic heterocycles. The largest absolute Gasteiger partial charge is 0.476 e. The molecule has 2 amide bonds. The van der Waals surface area contributed by atoms with Crippen LogP contribution < -0.4 is 26.4 Å². The maximum absolute atomic E-state index is 14.9. The van der Waals surface area contributed by atoms with Crippen molar-refractivity contribution in [1.82, 2.24) is 25.1 Å². The highest BCUT2D eigenvalue weighted by Gasteiger charge is 2.36. The summed E-state index contributed by atoms with van der Waals surface area (Å²) in [6.07, 6.45) is 5.39. The fraction of sp³-hybridized carbons (Fsp3) is 0.348. The molecule has 190 valence electrons. The number of anilines is 3. The number of primary amides is 1. The van der Waals surface area contributed by atoms with Gasteiger partial charge >= 0.3 is 6.09 Å². The lowest BCUT2D eigenvalue weighted by Gasteiger charge is -2.26. The summed E-state index contributed by atoms with van der Waals surface area (Å²) in [6.45, 7) is 3.92. The molecule has 3 aromatic heterocycles. The number of aromatic nitrogens is 4. The van der Waals surface area contributed by atoms with Crippen LogP contribution in [-0.2, 0) is 0 Å². The van der Waals surface area contributed by atoms with Gasteiger partial charge in [0.15, 0.2) is 11.6 Å². The third kappa shape index (κ3) is 5.62. The third-order valence-corrected chi connectivity index (χ3v) is 5.69.